The van der Waals surface area contributed by atoms with Crippen LogP contribution in [0.15, 0.2) is 22.7 Å². The van der Waals surface area contributed by atoms with Gasteiger partial charge < -0.3 is 14.6 Å². The summed E-state index contributed by atoms with van der Waals surface area (Å²) < 4.78 is 48.4. The molecule has 0 atom stereocenters. The van der Waals surface area contributed by atoms with Crippen molar-refractivity contribution in [2.45, 2.75) is 32.9 Å². The van der Waals surface area contributed by atoms with Crippen LogP contribution in [0.1, 0.15) is 29.0 Å². The number of hydrogen-bond donors (Lipinski definition) is 1. The lowest BCUT2D eigenvalue weighted by molar-refractivity contribution is -0.137. The number of carbonyl (C=O) groups excluding carboxylic acids is 1. The second kappa shape index (κ2) is 6.94. The lowest BCUT2D eigenvalue weighted by Crippen LogP contribution is -2.14. The molecule has 8 heteroatoms. The fourth-order valence-corrected chi connectivity index (χ4v) is 2.29. The maximum absolute atomic E-state index is 12.8. The minimum atomic E-state index is -4.50. The van der Waals surface area contributed by atoms with E-state index in [2.05, 4.69) is 10.5 Å². The lowest BCUT2D eigenvalue weighted by Gasteiger charge is -2.13. The Morgan fingerprint density at radius 2 is 2.04 bits per heavy atom. The summed E-state index contributed by atoms with van der Waals surface area (Å²) in [6.07, 6.45) is -4.03. The van der Waals surface area contributed by atoms with Gasteiger partial charge in [0.05, 0.1) is 24.1 Å². The molecule has 2 rings (SSSR count). The van der Waals surface area contributed by atoms with Gasteiger partial charge in [0.1, 0.15) is 11.5 Å². The van der Waals surface area contributed by atoms with E-state index in [9.17, 15) is 18.0 Å². The Balaban J connectivity index is 2.10. The quantitative estimate of drug-likeness (QED) is 0.895. The SMILES string of the molecule is COc1ccc(C(F)(F)F)cc1NC(=O)CCc1c(C)noc1C. The van der Waals surface area contributed by atoms with Crippen molar-refractivity contribution in [2.75, 3.05) is 12.4 Å². The molecule has 0 spiro atoms. The highest BCUT2D eigenvalue weighted by Gasteiger charge is 2.31. The first-order valence-corrected chi connectivity index (χ1v) is 7.19. The zero-order valence-corrected chi connectivity index (χ0v) is 13.5. The number of carbonyl (C=O) groups is 1. The van der Waals surface area contributed by atoms with Gasteiger partial charge in [0.2, 0.25) is 5.91 Å². The Morgan fingerprint density at radius 3 is 2.58 bits per heavy atom. The second-order valence-electron chi connectivity index (χ2n) is 5.26. The molecule has 0 fully saturated rings. The van der Waals surface area contributed by atoms with E-state index in [0.717, 1.165) is 17.7 Å². The van der Waals surface area contributed by atoms with Gasteiger partial charge in [-0.1, -0.05) is 5.16 Å². The molecule has 0 aliphatic rings. The number of anilines is 1. The number of nitrogens with zero attached hydrogens (tertiary/aromatic N) is 1. The first-order valence-electron chi connectivity index (χ1n) is 7.19. The predicted octanol–water partition coefficient (Wildman–Crippen LogP) is 3.89. The van der Waals surface area contributed by atoms with Gasteiger partial charge in [-0.15, -0.1) is 0 Å². The zero-order chi connectivity index (χ0) is 17.9. The van der Waals surface area contributed by atoms with Crippen molar-refractivity contribution in [1.29, 1.82) is 0 Å². The van der Waals surface area contributed by atoms with Crippen LogP contribution in [0.4, 0.5) is 18.9 Å². The molecule has 1 amide bonds. The molecule has 5 nitrogen and oxygen atoms in total. The molecule has 1 aromatic carbocycles. The number of rotatable bonds is 5. The Kier molecular flexibility index (Phi) is 5.16. The van der Waals surface area contributed by atoms with Crippen LogP contribution in [0.5, 0.6) is 5.75 Å². The van der Waals surface area contributed by atoms with E-state index in [1.54, 1.807) is 13.8 Å². The number of nitrogens with one attached hydrogen (secondary N) is 1. The van der Waals surface area contributed by atoms with Crippen LogP contribution in [0, 0.1) is 13.8 Å². The van der Waals surface area contributed by atoms with Crippen LogP contribution in [0.2, 0.25) is 0 Å². The fraction of sp³-hybridized carbons (Fsp3) is 0.375. The van der Waals surface area contributed by atoms with Gasteiger partial charge in [-0.25, -0.2) is 0 Å². The van der Waals surface area contributed by atoms with Crippen LogP contribution in [-0.2, 0) is 17.4 Å². The van der Waals surface area contributed by atoms with Crippen molar-refractivity contribution in [2.24, 2.45) is 0 Å². The summed E-state index contributed by atoms with van der Waals surface area (Å²) in [6, 6.07) is 2.93. The Morgan fingerprint density at radius 1 is 1.33 bits per heavy atom. The van der Waals surface area contributed by atoms with E-state index in [1.165, 1.54) is 13.2 Å². The topological polar surface area (TPSA) is 64.4 Å². The molecule has 0 saturated carbocycles. The Bertz CT molecular complexity index is 719. The largest absolute Gasteiger partial charge is 0.495 e. The van der Waals surface area contributed by atoms with E-state index >= 15 is 0 Å². The van der Waals surface area contributed by atoms with Crippen LogP contribution < -0.4 is 10.1 Å². The summed E-state index contributed by atoms with van der Waals surface area (Å²) in [5, 5.41) is 6.25. The molecule has 2 aromatic rings. The summed E-state index contributed by atoms with van der Waals surface area (Å²) in [5.41, 5.74) is 0.638. The van der Waals surface area contributed by atoms with Gasteiger partial charge in [-0.05, 0) is 38.5 Å². The third kappa shape index (κ3) is 4.06. The van der Waals surface area contributed by atoms with E-state index in [4.69, 9.17) is 9.26 Å². The molecule has 24 heavy (non-hydrogen) atoms. The van der Waals surface area contributed by atoms with Crippen molar-refractivity contribution >= 4 is 11.6 Å². The fourth-order valence-electron chi connectivity index (χ4n) is 2.29. The van der Waals surface area contributed by atoms with Crippen molar-refractivity contribution < 1.29 is 27.2 Å². The Labute approximate surface area is 136 Å². The maximum atomic E-state index is 12.8. The maximum Gasteiger partial charge on any atom is 0.416 e. The normalized spacial score (nSPS) is 11.4. The van der Waals surface area contributed by atoms with Crippen molar-refractivity contribution in [3.05, 3.63) is 40.8 Å². The van der Waals surface area contributed by atoms with Crippen LogP contribution in [0.3, 0.4) is 0 Å². The number of benzene rings is 1. The first kappa shape index (κ1) is 17.8. The molecule has 1 N–H and O–H groups in total. The number of aryl methyl sites for hydroxylation is 2. The highest BCUT2D eigenvalue weighted by Crippen LogP contribution is 2.35. The number of aromatic nitrogens is 1. The van der Waals surface area contributed by atoms with E-state index in [-0.39, 0.29) is 17.9 Å². The van der Waals surface area contributed by atoms with Gasteiger partial charge in [-0.3, -0.25) is 4.79 Å². The standard InChI is InChI=1S/C16H17F3N2O3/c1-9-12(10(2)24-21-9)5-7-15(22)20-13-8-11(16(17,18)19)4-6-14(13)23-3/h4,6,8H,5,7H2,1-3H3,(H,20,22). The van der Waals surface area contributed by atoms with Crippen molar-refractivity contribution in [3.8, 4) is 5.75 Å². The molecule has 1 heterocycles. The highest BCUT2D eigenvalue weighted by atomic mass is 19.4. The summed E-state index contributed by atoms with van der Waals surface area (Å²) in [7, 11) is 1.32. The third-order valence-electron chi connectivity index (χ3n) is 3.58. The van der Waals surface area contributed by atoms with Crippen LogP contribution in [-0.4, -0.2) is 18.2 Å². The first-order chi connectivity index (χ1) is 11.2. The van der Waals surface area contributed by atoms with Crippen LogP contribution in [0.25, 0.3) is 0 Å². The van der Waals surface area contributed by atoms with Crippen molar-refractivity contribution in [1.82, 2.24) is 5.16 Å². The van der Waals surface area contributed by atoms with E-state index in [1.807, 2.05) is 0 Å². The minimum Gasteiger partial charge on any atom is -0.495 e. The number of methoxy groups -OCH3 is 1. The summed E-state index contributed by atoms with van der Waals surface area (Å²) in [5.74, 6) is 0.360. The monoisotopic (exact) mass is 342 g/mol. The summed E-state index contributed by atoms with van der Waals surface area (Å²) >= 11 is 0. The molecular formula is C16H17F3N2O3. The van der Waals surface area contributed by atoms with E-state index in [0.29, 0.717) is 17.9 Å². The minimum absolute atomic E-state index is 0.0175. The number of hydrogen-bond acceptors (Lipinski definition) is 4. The van der Waals surface area contributed by atoms with Gasteiger partial charge in [0.25, 0.3) is 0 Å². The number of amides is 1. The zero-order valence-electron chi connectivity index (χ0n) is 13.5. The molecule has 0 unspecified atom stereocenters. The van der Waals surface area contributed by atoms with Crippen LogP contribution >= 0.6 is 0 Å². The number of halogens is 3. The molecule has 0 saturated heterocycles. The third-order valence-corrected chi connectivity index (χ3v) is 3.58. The van der Waals surface area contributed by atoms with Crippen molar-refractivity contribution in [3.63, 3.8) is 0 Å². The molecular weight excluding hydrogens is 325 g/mol. The molecule has 0 aliphatic heterocycles. The molecule has 0 aliphatic carbocycles. The average molecular weight is 342 g/mol. The van der Waals surface area contributed by atoms with E-state index < -0.39 is 17.6 Å². The summed E-state index contributed by atoms with van der Waals surface area (Å²) in [6.45, 7) is 3.50. The second-order valence-corrected chi connectivity index (χ2v) is 5.26. The molecule has 1 aromatic heterocycles. The summed E-state index contributed by atoms with van der Waals surface area (Å²) in [4.78, 5) is 12.1. The van der Waals surface area contributed by atoms with Gasteiger partial charge >= 0.3 is 6.18 Å². The highest BCUT2D eigenvalue weighted by molar-refractivity contribution is 5.92. The van der Waals surface area contributed by atoms with Gasteiger partial charge in [0, 0.05) is 12.0 Å². The molecule has 0 bridgehead atoms. The molecule has 0 radical (unpaired) electrons. The average Bonchev–Trinajstić information content (AvgIpc) is 2.83. The lowest BCUT2D eigenvalue weighted by atomic mass is 10.1. The Hall–Kier alpha value is -2.51. The van der Waals surface area contributed by atoms with Gasteiger partial charge in [-0.2, -0.15) is 13.2 Å². The molecule has 130 valence electrons. The van der Waals surface area contributed by atoms with Gasteiger partial charge in [0.15, 0.2) is 0 Å². The smallest absolute Gasteiger partial charge is 0.416 e. The predicted molar refractivity (Wildman–Crippen MR) is 80.9 cm³/mol. The number of alkyl halides is 3. The number of ether oxygens (including phenoxy) is 1.